The van der Waals surface area contributed by atoms with Gasteiger partial charge in [0, 0.05) is 42.3 Å². The lowest BCUT2D eigenvalue weighted by Gasteiger charge is -2.45. The smallest absolute Gasteiger partial charge is 0.123 e. The molecule has 1 aliphatic rings. The highest BCUT2D eigenvalue weighted by molar-refractivity contribution is 6.30. The molecule has 1 saturated heterocycles. The average molecular weight is 283 g/mol. The van der Waals surface area contributed by atoms with E-state index in [9.17, 15) is 0 Å². The largest absolute Gasteiger partial charge is 0.496 e. The Morgan fingerprint density at radius 1 is 1.47 bits per heavy atom. The highest BCUT2D eigenvalue weighted by Gasteiger charge is 2.32. The highest BCUT2D eigenvalue weighted by Crippen LogP contribution is 2.28. The van der Waals surface area contributed by atoms with Crippen LogP contribution in [0.2, 0.25) is 5.02 Å². The molecule has 1 heterocycles. The molecule has 2 rings (SSSR count). The van der Waals surface area contributed by atoms with Gasteiger partial charge in [-0.1, -0.05) is 18.5 Å². The van der Waals surface area contributed by atoms with Crippen LogP contribution in [-0.2, 0) is 6.54 Å². The molecule has 0 aliphatic carbocycles. The summed E-state index contributed by atoms with van der Waals surface area (Å²) in [7, 11) is 1.71. The first kappa shape index (κ1) is 14.6. The molecule has 3 nitrogen and oxygen atoms in total. The molecule has 1 atom stereocenters. The lowest BCUT2D eigenvalue weighted by molar-refractivity contribution is 0.0630. The molecule has 0 radical (unpaired) electrons. The summed E-state index contributed by atoms with van der Waals surface area (Å²) in [5.74, 6) is 0.918. The van der Waals surface area contributed by atoms with Crippen LogP contribution in [0.5, 0.6) is 5.75 Å². The van der Waals surface area contributed by atoms with Gasteiger partial charge in [-0.2, -0.15) is 0 Å². The number of benzene rings is 1. The lowest BCUT2D eigenvalue weighted by Crippen LogP contribution is -2.58. The third-order valence-corrected chi connectivity index (χ3v) is 4.43. The molecule has 1 N–H and O–H groups in total. The summed E-state index contributed by atoms with van der Waals surface area (Å²) in [6, 6.07) is 5.84. The van der Waals surface area contributed by atoms with Crippen molar-refractivity contribution in [2.75, 3.05) is 26.7 Å². The minimum Gasteiger partial charge on any atom is -0.496 e. The van der Waals surface area contributed by atoms with Crippen LogP contribution in [0.25, 0.3) is 0 Å². The van der Waals surface area contributed by atoms with Gasteiger partial charge in [0.25, 0.3) is 0 Å². The zero-order valence-corrected chi connectivity index (χ0v) is 12.8. The first-order chi connectivity index (χ1) is 9.09. The highest BCUT2D eigenvalue weighted by atomic mass is 35.5. The summed E-state index contributed by atoms with van der Waals surface area (Å²) in [5.41, 5.74) is 1.36. The fourth-order valence-electron chi connectivity index (χ4n) is 2.65. The van der Waals surface area contributed by atoms with Gasteiger partial charge < -0.3 is 10.1 Å². The molecule has 0 aromatic heterocycles. The van der Waals surface area contributed by atoms with Gasteiger partial charge in [-0.3, -0.25) is 4.90 Å². The maximum Gasteiger partial charge on any atom is 0.123 e. The van der Waals surface area contributed by atoms with Crippen LogP contribution in [-0.4, -0.2) is 37.2 Å². The van der Waals surface area contributed by atoms with Crippen molar-refractivity contribution in [3.63, 3.8) is 0 Å². The van der Waals surface area contributed by atoms with Crippen LogP contribution in [0.1, 0.15) is 25.8 Å². The molecule has 1 aliphatic heterocycles. The second-order valence-corrected chi connectivity index (χ2v) is 5.84. The van der Waals surface area contributed by atoms with Gasteiger partial charge in [0.15, 0.2) is 0 Å². The summed E-state index contributed by atoms with van der Waals surface area (Å²) >= 11 is 6.11. The van der Waals surface area contributed by atoms with Crippen molar-refractivity contribution in [1.29, 1.82) is 0 Å². The zero-order valence-electron chi connectivity index (χ0n) is 12.0. The van der Waals surface area contributed by atoms with E-state index in [4.69, 9.17) is 16.3 Å². The van der Waals surface area contributed by atoms with Crippen LogP contribution in [0.4, 0.5) is 0 Å². The molecule has 1 fully saturated rings. The van der Waals surface area contributed by atoms with E-state index in [0.29, 0.717) is 0 Å². The van der Waals surface area contributed by atoms with E-state index in [1.165, 1.54) is 0 Å². The number of rotatable bonds is 4. The van der Waals surface area contributed by atoms with E-state index in [1.807, 2.05) is 18.2 Å². The minimum atomic E-state index is 0.200. The monoisotopic (exact) mass is 282 g/mol. The Morgan fingerprint density at radius 2 is 2.26 bits per heavy atom. The van der Waals surface area contributed by atoms with E-state index in [0.717, 1.165) is 48.9 Å². The number of ether oxygens (including phenoxy) is 1. The van der Waals surface area contributed by atoms with Gasteiger partial charge >= 0.3 is 0 Å². The van der Waals surface area contributed by atoms with E-state index in [1.54, 1.807) is 7.11 Å². The molecule has 19 heavy (non-hydrogen) atoms. The number of halogens is 1. The molecule has 4 heteroatoms. The first-order valence-corrected chi connectivity index (χ1v) is 7.25. The maximum atomic E-state index is 6.11. The molecular weight excluding hydrogens is 260 g/mol. The van der Waals surface area contributed by atoms with E-state index in [-0.39, 0.29) is 5.54 Å². The van der Waals surface area contributed by atoms with Gasteiger partial charge in [-0.25, -0.2) is 0 Å². The minimum absolute atomic E-state index is 0.200. The van der Waals surface area contributed by atoms with Crippen LogP contribution >= 0.6 is 11.6 Å². The van der Waals surface area contributed by atoms with Crippen molar-refractivity contribution in [1.82, 2.24) is 10.2 Å². The van der Waals surface area contributed by atoms with Crippen molar-refractivity contribution < 1.29 is 4.74 Å². The van der Waals surface area contributed by atoms with Crippen molar-refractivity contribution in [3.05, 3.63) is 28.8 Å². The van der Waals surface area contributed by atoms with E-state index < -0.39 is 0 Å². The predicted molar refractivity (Wildman–Crippen MR) is 80.0 cm³/mol. The SMILES string of the molecule is CCC1(C)CNCCN1Cc1cc(Cl)ccc1OC. The van der Waals surface area contributed by atoms with Crippen LogP contribution in [0, 0.1) is 0 Å². The fourth-order valence-corrected chi connectivity index (χ4v) is 2.84. The topological polar surface area (TPSA) is 24.5 Å². The number of hydrogen-bond acceptors (Lipinski definition) is 3. The van der Waals surface area contributed by atoms with Gasteiger partial charge in [-0.05, 0) is 31.5 Å². The second kappa shape index (κ2) is 6.12. The predicted octanol–water partition coefficient (Wildman–Crippen LogP) is 2.92. The van der Waals surface area contributed by atoms with E-state index >= 15 is 0 Å². The Kier molecular flexibility index (Phi) is 4.71. The number of hydrogen-bond donors (Lipinski definition) is 1. The van der Waals surface area contributed by atoms with Crippen LogP contribution < -0.4 is 10.1 Å². The summed E-state index contributed by atoms with van der Waals surface area (Å²) in [6.45, 7) is 8.58. The van der Waals surface area contributed by atoms with Crippen molar-refractivity contribution in [2.24, 2.45) is 0 Å². The molecular formula is C15H23ClN2O. The first-order valence-electron chi connectivity index (χ1n) is 6.87. The summed E-state index contributed by atoms with van der Waals surface area (Å²) in [4.78, 5) is 2.53. The number of nitrogens with one attached hydrogen (secondary N) is 1. The van der Waals surface area contributed by atoms with Gasteiger partial charge in [0.1, 0.15) is 5.75 Å². The molecule has 1 aromatic rings. The normalized spacial score (nSPS) is 24.4. The Balaban J connectivity index is 2.21. The van der Waals surface area contributed by atoms with Crippen molar-refractivity contribution in [3.8, 4) is 5.75 Å². The van der Waals surface area contributed by atoms with Gasteiger partial charge in [0.2, 0.25) is 0 Å². The third-order valence-electron chi connectivity index (χ3n) is 4.19. The fraction of sp³-hybridized carbons (Fsp3) is 0.600. The molecule has 0 bridgehead atoms. The van der Waals surface area contributed by atoms with Gasteiger partial charge in [0.05, 0.1) is 7.11 Å². The molecule has 0 spiro atoms. The second-order valence-electron chi connectivity index (χ2n) is 5.40. The Bertz CT molecular complexity index is 438. The zero-order chi connectivity index (χ0) is 13.9. The number of nitrogens with zero attached hydrogens (tertiary/aromatic N) is 1. The molecule has 0 saturated carbocycles. The van der Waals surface area contributed by atoms with Crippen LogP contribution in [0.15, 0.2) is 18.2 Å². The quantitative estimate of drug-likeness (QED) is 0.919. The average Bonchev–Trinajstić information content (AvgIpc) is 2.42. The molecule has 0 amide bonds. The maximum absolute atomic E-state index is 6.11. The Morgan fingerprint density at radius 3 is 2.95 bits per heavy atom. The summed E-state index contributed by atoms with van der Waals surface area (Å²) < 4.78 is 5.44. The molecule has 1 aromatic carbocycles. The third kappa shape index (κ3) is 3.22. The Labute approximate surface area is 120 Å². The summed E-state index contributed by atoms with van der Waals surface area (Å²) in [5, 5.41) is 4.25. The van der Waals surface area contributed by atoms with Crippen molar-refractivity contribution in [2.45, 2.75) is 32.4 Å². The van der Waals surface area contributed by atoms with E-state index in [2.05, 4.69) is 24.1 Å². The molecule has 1 unspecified atom stereocenters. The number of piperazine rings is 1. The van der Waals surface area contributed by atoms with Gasteiger partial charge in [-0.15, -0.1) is 0 Å². The van der Waals surface area contributed by atoms with Crippen molar-refractivity contribution >= 4 is 11.6 Å². The summed E-state index contributed by atoms with van der Waals surface area (Å²) in [6.07, 6.45) is 1.13. The Hall–Kier alpha value is -0.770. The number of methoxy groups -OCH3 is 1. The lowest BCUT2D eigenvalue weighted by atomic mass is 9.93. The molecule has 106 valence electrons. The standard InChI is InChI=1S/C15H23ClN2O/c1-4-15(2)11-17-7-8-18(15)10-12-9-13(16)5-6-14(12)19-3/h5-6,9,17H,4,7-8,10-11H2,1-3H3. The van der Waals surface area contributed by atoms with Crippen LogP contribution in [0.3, 0.4) is 0 Å².